The average Bonchev–Trinajstić information content (AvgIpc) is 3.43. The minimum Gasteiger partial charge on any atom is -0.497 e. The number of fused-ring (bicyclic) bond motifs is 1. The smallest absolute Gasteiger partial charge is 0.390 e. The molecule has 1 aliphatic carbocycles. The Bertz CT molecular complexity index is 1630. The molecule has 1 saturated carbocycles. The van der Waals surface area contributed by atoms with Crippen molar-refractivity contribution >= 4 is 30.1 Å². The molecule has 0 amide bonds. The lowest BCUT2D eigenvalue weighted by atomic mass is 9.75. The summed E-state index contributed by atoms with van der Waals surface area (Å²) in [6, 6.07) is 24.2. The van der Waals surface area contributed by atoms with Crippen LogP contribution in [0.4, 0.5) is 0 Å². The van der Waals surface area contributed by atoms with E-state index in [2.05, 4.69) is 13.8 Å². The third-order valence-corrected chi connectivity index (χ3v) is 14.8. The Hall–Kier alpha value is -3.34. The summed E-state index contributed by atoms with van der Waals surface area (Å²) in [4.78, 5) is 28.3. The molecular formula is C40H51O10PS. The van der Waals surface area contributed by atoms with Crippen molar-refractivity contribution in [2.24, 2.45) is 17.3 Å². The molecule has 1 aliphatic heterocycles. The van der Waals surface area contributed by atoms with E-state index in [1.54, 1.807) is 28.1 Å². The van der Waals surface area contributed by atoms with E-state index in [0.29, 0.717) is 40.0 Å². The largest absolute Gasteiger partial charge is 0.497 e. The maximum absolute atomic E-state index is 14.4. The second-order valence-corrected chi connectivity index (χ2v) is 18.2. The van der Waals surface area contributed by atoms with Gasteiger partial charge in [0.15, 0.2) is 0 Å². The van der Waals surface area contributed by atoms with Gasteiger partial charge in [0.1, 0.15) is 17.1 Å². The van der Waals surface area contributed by atoms with E-state index in [0.717, 1.165) is 19.3 Å². The van der Waals surface area contributed by atoms with E-state index in [1.807, 2.05) is 85.8 Å². The monoisotopic (exact) mass is 754 g/mol. The highest BCUT2D eigenvalue weighted by Gasteiger charge is 2.59. The van der Waals surface area contributed by atoms with E-state index in [9.17, 15) is 14.2 Å². The normalized spacial score (nSPS) is 23.2. The van der Waals surface area contributed by atoms with Crippen LogP contribution >= 0.6 is 18.2 Å². The highest BCUT2D eigenvalue weighted by molar-refractivity contribution is 8.56. The van der Waals surface area contributed by atoms with Crippen LogP contribution in [0.3, 0.4) is 0 Å². The molecule has 0 unspecified atom stereocenters. The van der Waals surface area contributed by atoms with Gasteiger partial charge in [-0.15, -0.1) is 0 Å². The van der Waals surface area contributed by atoms with Crippen LogP contribution in [0.1, 0.15) is 70.6 Å². The predicted molar refractivity (Wildman–Crippen MR) is 201 cm³/mol. The lowest BCUT2D eigenvalue weighted by molar-refractivity contribution is -0.183. The Morgan fingerprint density at radius 3 is 1.85 bits per heavy atom. The van der Waals surface area contributed by atoms with E-state index in [1.165, 1.54) is 11.4 Å². The first-order valence-electron chi connectivity index (χ1n) is 17.8. The first-order valence-corrected chi connectivity index (χ1v) is 20.8. The van der Waals surface area contributed by atoms with Gasteiger partial charge in [-0.25, -0.2) is 4.57 Å². The van der Waals surface area contributed by atoms with Crippen LogP contribution in [0.5, 0.6) is 11.5 Å². The molecule has 5 rings (SSSR count). The number of esters is 2. The molecule has 4 atom stereocenters. The van der Waals surface area contributed by atoms with Crippen LogP contribution in [0.2, 0.25) is 0 Å². The molecule has 3 aromatic rings. The van der Waals surface area contributed by atoms with Crippen molar-refractivity contribution in [2.45, 2.75) is 70.3 Å². The molecule has 282 valence electrons. The van der Waals surface area contributed by atoms with E-state index >= 15 is 0 Å². The molecule has 12 heteroatoms. The second-order valence-electron chi connectivity index (χ2n) is 13.8. The van der Waals surface area contributed by atoms with Crippen molar-refractivity contribution in [3.05, 3.63) is 95.6 Å². The maximum atomic E-state index is 14.4. The highest BCUT2D eigenvalue weighted by atomic mass is 32.7. The van der Waals surface area contributed by atoms with Crippen LogP contribution in [0.15, 0.2) is 78.9 Å². The van der Waals surface area contributed by atoms with Crippen molar-refractivity contribution in [1.29, 1.82) is 0 Å². The number of rotatable bonds is 16. The average molecular weight is 755 g/mol. The number of hydrogen-bond acceptors (Lipinski definition) is 11. The third kappa shape index (κ3) is 8.09. The first-order chi connectivity index (χ1) is 24.9. The zero-order valence-corrected chi connectivity index (χ0v) is 32.8. The van der Waals surface area contributed by atoms with Gasteiger partial charge in [-0.2, -0.15) is 0 Å². The maximum Gasteiger partial charge on any atom is 0.390 e. The van der Waals surface area contributed by atoms with E-state index in [4.69, 9.17) is 32.7 Å². The van der Waals surface area contributed by atoms with E-state index < -0.39 is 47.7 Å². The third-order valence-electron chi connectivity index (χ3n) is 10.2. The van der Waals surface area contributed by atoms with Crippen molar-refractivity contribution in [3.63, 3.8) is 0 Å². The van der Waals surface area contributed by atoms with Gasteiger partial charge in [-0.3, -0.25) is 18.6 Å². The summed E-state index contributed by atoms with van der Waals surface area (Å²) in [6.07, 6.45) is 2.26. The van der Waals surface area contributed by atoms with Gasteiger partial charge in [-0.1, -0.05) is 68.4 Å². The number of benzene rings is 3. The fraction of sp³-hybridized carbons (Fsp3) is 0.500. The summed E-state index contributed by atoms with van der Waals surface area (Å²) in [6.45, 7) is 4.60. The quantitative estimate of drug-likeness (QED) is 0.0606. The van der Waals surface area contributed by atoms with Gasteiger partial charge in [0, 0.05) is 0 Å². The standard InChI is InChI=1S/C40H51O10PS/c1-8-46-36(41)39(37(42)47-9-2,27-49-51(43)50-35-25-29(28(3)4)23-24-38(35,5)52-51)26-48-40(30-13-11-10-12-14-30,31-15-19-33(44-6)20-16-31)32-17-21-34(45-7)22-18-32/h10-22,28-29,35H,8-9,23-27H2,1-7H3/t29-,35+,38+,51-/m1/s1. The van der Waals surface area contributed by atoms with E-state index in [-0.39, 0.29) is 19.3 Å². The lowest BCUT2D eigenvalue weighted by Gasteiger charge is -2.39. The molecule has 2 fully saturated rings. The molecule has 0 aromatic heterocycles. The molecule has 10 nitrogen and oxygen atoms in total. The zero-order valence-electron chi connectivity index (χ0n) is 31.1. The minimum atomic E-state index is -3.85. The summed E-state index contributed by atoms with van der Waals surface area (Å²) in [5.74, 6) is 0.317. The summed E-state index contributed by atoms with van der Waals surface area (Å²) >= 11 is 1.17. The SMILES string of the molecule is CCOC(=O)C(COC(c1ccccc1)(c1ccc(OC)cc1)c1ccc(OC)cc1)(CO[P@]1(=O)O[C@H]2C[C@H](C(C)C)CC[C@]2(C)S1)C(=O)OCC. The Kier molecular flexibility index (Phi) is 12.9. The summed E-state index contributed by atoms with van der Waals surface area (Å²) in [5.41, 5.74) is -1.48. The number of hydrogen-bond donors (Lipinski definition) is 0. The highest BCUT2D eigenvalue weighted by Crippen LogP contribution is 2.75. The number of carbonyl (C=O) groups is 2. The number of carbonyl (C=O) groups excluding carboxylic acids is 2. The summed E-state index contributed by atoms with van der Waals surface area (Å²) in [7, 11) is 3.17. The van der Waals surface area contributed by atoms with Crippen molar-refractivity contribution in [1.82, 2.24) is 0 Å². The Morgan fingerprint density at radius 1 is 0.846 bits per heavy atom. The van der Waals surface area contributed by atoms with Gasteiger partial charge in [0.25, 0.3) is 0 Å². The summed E-state index contributed by atoms with van der Waals surface area (Å²) < 4.78 is 55.5. The predicted octanol–water partition coefficient (Wildman–Crippen LogP) is 8.60. The number of methoxy groups -OCH3 is 2. The molecule has 0 spiro atoms. The van der Waals surface area contributed by atoms with Gasteiger partial charge < -0.3 is 23.7 Å². The topological polar surface area (TPSA) is 116 Å². The summed E-state index contributed by atoms with van der Waals surface area (Å²) in [5, 5.41) is 0. The minimum absolute atomic E-state index is 0.0274. The first kappa shape index (κ1) is 39.9. The molecule has 2 aliphatic rings. The fourth-order valence-electron chi connectivity index (χ4n) is 7.02. The van der Waals surface area contributed by atoms with Crippen molar-refractivity contribution < 1.29 is 46.9 Å². The Labute approximate surface area is 311 Å². The van der Waals surface area contributed by atoms with Crippen molar-refractivity contribution in [3.8, 4) is 11.5 Å². The molecule has 52 heavy (non-hydrogen) atoms. The van der Waals surface area contributed by atoms with Crippen LogP contribution in [-0.4, -0.2) is 63.4 Å². The Morgan fingerprint density at radius 2 is 1.37 bits per heavy atom. The van der Waals surface area contributed by atoms with Crippen molar-refractivity contribution in [2.75, 3.05) is 40.6 Å². The van der Waals surface area contributed by atoms with Crippen LogP contribution in [0.25, 0.3) is 0 Å². The Balaban J connectivity index is 1.60. The van der Waals surface area contributed by atoms with Gasteiger partial charge in [0.2, 0.25) is 5.41 Å². The number of ether oxygens (including phenoxy) is 5. The fourth-order valence-corrected chi connectivity index (χ4v) is 12.2. The lowest BCUT2D eigenvalue weighted by Crippen LogP contribution is -2.51. The molecule has 0 bridgehead atoms. The van der Waals surface area contributed by atoms with Crippen LogP contribution in [0, 0.1) is 17.3 Å². The molecule has 3 aromatic carbocycles. The van der Waals surface area contributed by atoms with Crippen LogP contribution < -0.4 is 9.47 Å². The molecule has 1 saturated heterocycles. The second kappa shape index (κ2) is 16.8. The van der Waals surface area contributed by atoms with Gasteiger partial charge >= 0.3 is 18.7 Å². The molecule has 1 heterocycles. The molecule has 0 N–H and O–H groups in total. The van der Waals surface area contributed by atoms with Gasteiger partial charge in [0.05, 0.1) is 51.5 Å². The molecule has 0 radical (unpaired) electrons. The van der Waals surface area contributed by atoms with Crippen LogP contribution in [-0.2, 0) is 43.0 Å². The molecular weight excluding hydrogens is 703 g/mol. The zero-order chi connectivity index (χ0) is 37.6. The van der Waals surface area contributed by atoms with Gasteiger partial charge in [-0.05, 0) is 104 Å².